The summed E-state index contributed by atoms with van der Waals surface area (Å²) in [5.41, 5.74) is 0.584. The van der Waals surface area contributed by atoms with Crippen LogP contribution in [0, 0.1) is 22.5 Å². The number of nitro groups is 1. The molecule has 0 amide bonds. The van der Waals surface area contributed by atoms with Crippen molar-refractivity contribution >= 4 is 5.69 Å². The Hall–Kier alpha value is -1.94. The molecule has 1 aliphatic heterocycles. The average Bonchev–Trinajstić information content (AvgIpc) is 2.49. The molecule has 0 aliphatic carbocycles. The number of rotatable bonds is 5. The SMILES string of the molecule is C#CCN1CCN(CC(O)c2cccc([N+](=O)[O-])c2)CC1. The van der Waals surface area contributed by atoms with E-state index >= 15 is 0 Å². The largest absolute Gasteiger partial charge is 0.387 e. The molecular weight excluding hydrogens is 270 g/mol. The van der Waals surface area contributed by atoms with E-state index in [0.717, 1.165) is 26.2 Å². The van der Waals surface area contributed by atoms with Gasteiger partial charge in [-0.2, -0.15) is 0 Å². The third-order valence-corrected chi connectivity index (χ3v) is 3.68. The average molecular weight is 289 g/mol. The molecule has 1 unspecified atom stereocenters. The number of aliphatic hydroxyl groups excluding tert-OH is 1. The van der Waals surface area contributed by atoms with Gasteiger partial charge in [-0.05, 0) is 5.56 Å². The van der Waals surface area contributed by atoms with Crippen LogP contribution in [0.4, 0.5) is 5.69 Å². The normalized spacial score (nSPS) is 18.1. The van der Waals surface area contributed by atoms with Crippen molar-refractivity contribution in [2.45, 2.75) is 6.10 Å². The lowest BCUT2D eigenvalue weighted by atomic mass is 10.1. The van der Waals surface area contributed by atoms with Gasteiger partial charge in [0.1, 0.15) is 0 Å². The number of aliphatic hydroxyl groups is 1. The zero-order valence-electron chi connectivity index (χ0n) is 11.8. The molecule has 0 bridgehead atoms. The summed E-state index contributed by atoms with van der Waals surface area (Å²) in [5, 5.41) is 21.0. The number of piperazine rings is 1. The van der Waals surface area contributed by atoms with E-state index in [4.69, 9.17) is 6.42 Å². The molecule has 21 heavy (non-hydrogen) atoms. The first kappa shape index (κ1) is 15.4. The van der Waals surface area contributed by atoms with Crippen molar-refractivity contribution in [1.82, 2.24) is 9.80 Å². The van der Waals surface area contributed by atoms with Gasteiger partial charge in [-0.3, -0.25) is 19.9 Å². The highest BCUT2D eigenvalue weighted by molar-refractivity contribution is 5.35. The molecule has 0 aromatic heterocycles. The predicted molar refractivity (Wildman–Crippen MR) is 79.8 cm³/mol. The van der Waals surface area contributed by atoms with E-state index in [1.54, 1.807) is 12.1 Å². The van der Waals surface area contributed by atoms with E-state index in [9.17, 15) is 15.2 Å². The summed E-state index contributed by atoms with van der Waals surface area (Å²) in [6, 6.07) is 6.17. The number of β-amino-alcohol motifs (C(OH)–C–C–N with tert-alkyl or cyclic N) is 1. The molecule has 6 heteroatoms. The molecule has 0 spiro atoms. The van der Waals surface area contributed by atoms with Crippen molar-refractivity contribution in [1.29, 1.82) is 0 Å². The van der Waals surface area contributed by atoms with Crippen LogP contribution < -0.4 is 0 Å². The summed E-state index contributed by atoms with van der Waals surface area (Å²) in [6.07, 6.45) is 4.57. The molecule has 0 saturated carbocycles. The predicted octanol–water partition coefficient (Wildman–Crippen LogP) is 0.879. The minimum Gasteiger partial charge on any atom is -0.387 e. The van der Waals surface area contributed by atoms with Gasteiger partial charge in [0.05, 0.1) is 17.6 Å². The Labute approximate surface area is 124 Å². The van der Waals surface area contributed by atoms with Gasteiger partial charge in [0.2, 0.25) is 0 Å². The van der Waals surface area contributed by atoms with Crippen molar-refractivity contribution in [2.24, 2.45) is 0 Å². The monoisotopic (exact) mass is 289 g/mol. The van der Waals surface area contributed by atoms with Crippen LogP contribution in [-0.4, -0.2) is 59.1 Å². The molecule has 1 aromatic rings. The van der Waals surface area contributed by atoms with E-state index in [1.165, 1.54) is 12.1 Å². The van der Waals surface area contributed by atoms with Crippen LogP contribution in [0.3, 0.4) is 0 Å². The summed E-state index contributed by atoms with van der Waals surface area (Å²) < 4.78 is 0. The van der Waals surface area contributed by atoms with E-state index in [2.05, 4.69) is 15.7 Å². The van der Waals surface area contributed by atoms with Crippen LogP contribution in [0.15, 0.2) is 24.3 Å². The summed E-state index contributed by atoms with van der Waals surface area (Å²) in [4.78, 5) is 14.6. The zero-order valence-corrected chi connectivity index (χ0v) is 11.8. The number of nitrogens with zero attached hydrogens (tertiary/aromatic N) is 3. The first-order valence-electron chi connectivity index (χ1n) is 6.90. The fourth-order valence-corrected chi connectivity index (χ4v) is 2.45. The number of benzene rings is 1. The number of non-ortho nitro benzene ring substituents is 1. The van der Waals surface area contributed by atoms with Gasteiger partial charge in [0, 0.05) is 44.9 Å². The Morgan fingerprint density at radius 2 is 2.00 bits per heavy atom. The molecular formula is C15H19N3O3. The minimum absolute atomic E-state index is 0.00499. The molecule has 112 valence electrons. The van der Waals surface area contributed by atoms with Crippen molar-refractivity contribution in [3.05, 3.63) is 39.9 Å². The fraction of sp³-hybridized carbons (Fsp3) is 0.467. The lowest BCUT2D eigenvalue weighted by Crippen LogP contribution is -2.47. The highest BCUT2D eigenvalue weighted by Gasteiger charge is 2.20. The Balaban J connectivity index is 1.90. The zero-order chi connectivity index (χ0) is 15.2. The molecule has 1 atom stereocenters. The van der Waals surface area contributed by atoms with Crippen LogP contribution >= 0.6 is 0 Å². The van der Waals surface area contributed by atoms with Crippen molar-refractivity contribution in [3.63, 3.8) is 0 Å². The third-order valence-electron chi connectivity index (χ3n) is 3.68. The van der Waals surface area contributed by atoms with Gasteiger partial charge < -0.3 is 5.11 Å². The first-order valence-corrected chi connectivity index (χ1v) is 6.90. The third kappa shape index (κ3) is 4.26. The van der Waals surface area contributed by atoms with E-state index < -0.39 is 11.0 Å². The Morgan fingerprint density at radius 1 is 1.33 bits per heavy atom. The summed E-state index contributed by atoms with van der Waals surface area (Å²) in [5.74, 6) is 2.63. The van der Waals surface area contributed by atoms with Gasteiger partial charge in [0.15, 0.2) is 0 Å². The lowest BCUT2D eigenvalue weighted by molar-refractivity contribution is -0.385. The van der Waals surface area contributed by atoms with E-state index in [1.807, 2.05) is 0 Å². The maximum Gasteiger partial charge on any atom is 0.269 e. The van der Waals surface area contributed by atoms with Crippen LogP contribution in [0.2, 0.25) is 0 Å². The first-order chi connectivity index (χ1) is 10.1. The molecule has 1 N–H and O–H groups in total. The highest BCUT2D eigenvalue weighted by Crippen LogP contribution is 2.20. The highest BCUT2D eigenvalue weighted by atomic mass is 16.6. The lowest BCUT2D eigenvalue weighted by Gasteiger charge is -2.34. The van der Waals surface area contributed by atoms with Crippen LogP contribution in [0.25, 0.3) is 0 Å². The topological polar surface area (TPSA) is 69.8 Å². The summed E-state index contributed by atoms with van der Waals surface area (Å²) >= 11 is 0. The Kier molecular flexibility index (Phi) is 5.28. The quantitative estimate of drug-likeness (QED) is 0.495. The summed E-state index contributed by atoms with van der Waals surface area (Å²) in [6.45, 7) is 4.57. The molecule has 1 fully saturated rings. The molecule has 1 saturated heterocycles. The van der Waals surface area contributed by atoms with Gasteiger partial charge >= 0.3 is 0 Å². The van der Waals surface area contributed by atoms with Gasteiger partial charge in [-0.1, -0.05) is 18.1 Å². The number of hydrogen-bond acceptors (Lipinski definition) is 5. The van der Waals surface area contributed by atoms with Crippen molar-refractivity contribution in [2.75, 3.05) is 39.3 Å². The van der Waals surface area contributed by atoms with Gasteiger partial charge in [-0.15, -0.1) is 6.42 Å². The second-order valence-corrected chi connectivity index (χ2v) is 5.15. The standard InChI is InChI=1S/C15H19N3O3/c1-2-6-16-7-9-17(10-8-16)12-15(19)13-4-3-5-14(11-13)18(20)21/h1,3-5,11,15,19H,6-10,12H2. The maximum absolute atomic E-state index is 10.8. The van der Waals surface area contributed by atoms with Crippen molar-refractivity contribution in [3.8, 4) is 12.3 Å². The number of terminal acetylenes is 1. The summed E-state index contributed by atoms with van der Waals surface area (Å²) in [7, 11) is 0. The second kappa shape index (κ2) is 7.18. The van der Waals surface area contributed by atoms with Crippen LogP contribution in [-0.2, 0) is 0 Å². The van der Waals surface area contributed by atoms with Gasteiger partial charge in [0.25, 0.3) is 5.69 Å². The van der Waals surface area contributed by atoms with Gasteiger partial charge in [-0.25, -0.2) is 0 Å². The minimum atomic E-state index is -0.718. The molecule has 1 aliphatic rings. The van der Waals surface area contributed by atoms with Crippen molar-refractivity contribution < 1.29 is 10.0 Å². The Morgan fingerprint density at radius 3 is 2.62 bits per heavy atom. The second-order valence-electron chi connectivity index (χ2n) is 5.15. The number of nitro benzene ring substituents is 1. The number of hydrogen-bond donors (Lipinski definition) is 1. The molecule has 1 heterocycles. The van der Waals surface area contributed by atoms with Crippen LogP contribution in [0.1, 0.15) is 11.7 Å². The Bertz CT molecular complexity index is 533. The molecule has 6 nitrogen and oxygen atoms in total. The maximum atomic E-state index is 10.8. The van der Waals surface area contributed by atoms with E-state index in [0.29, 0.717) is 18.7 Å². The fourth-order valence-electron chi connectivity index (χ4n) is 2.45. The smallest absolute Gasteiger partial charge is 0.269 e. The molecule has 1 aromatic carbocycles. The van der Waals surface area contributed by atoms with Crippen LogP contribution in [0.5, 0.6) is 0 Å². The molecule has 0 radical (unpaired) electrons. The molecule has 2 rings (SSSR count). The van der Waals surface area contributed by atoms with E-state index in [-0.39, 0.29) is 5.69 Å².